The average Bonchev–Trinajstić information content (AvgIpc) is 2.35. The van der Waals surface area contributed by atoms with Crippen LogP contribution in [0.2, 0.25) is 0 Å². The van der Waals surface area contributed by atoms with Crippen LogP contribution >= 0.6 is 0 Å². The molecule has 1 aromatic rings. The minimum atomic E-state index is -1.04. The highest BCUT2D eigenvalue weighted by atomic mass is 16.5. The summed E-state index contributed by atoms with van der Waals surface area (Å²) in [4.78, 5) is 10.4. The summed E-state index contributed by atoms with van der Waals surface area (Å²) >= 11 is 0. The van der Waals surface area contributed by atoms with E-state index < -0.39 is 5.97 Å². The Morgan fingerprint density at radius 3 is 2.61 bits per heavy atom. The van der Waals surface area contributed by atoms with Crippen LogP contribution in [-0.4, -0.2) is 19.2 Å². The Morgan fingerprint density at radius 1 is 1.22 bits per heavy atom. The summed E-state index contributed by atoms with van der Waals surface area (Å²) < 4.78 is 11.1. The van der Waals surface area contributed by atoms with Gasteiger partial charge in [0.2, 0.25) is 0 Å². The van der Waals surface area contributed by atoms with Gasteiger partial charge >= 0.3 is 0 Å². The van der Waals surface area contributed by atoms with E-state index in [0.29, 0.717) is 31.1 Å². The highest BCUT2D eigenvalue weighted by Crippen LogP contribution is 2.29. The van der Waals surface area contributed by atoms with Gasteiger partial charge in [-0.3, -0.25) is 0 Å². The second-order valence-corrected chi connectivity index (χ2v) is 3.93. The molecule has 0 N–H and O–H groups in total. The number of carbonyl (C=O) groups excluding carboxylic acids is 1. The van der Waals surface area contributed by atoms with E-state index in [0.717, 1.165) is 12.0 Å². The number of aliphatic carboxylic acids is 1. The summed E-state index contributed by atoms with van der Waals surface area (Å²) in [5.74, 6) is 0.331. The molecule has 0 unspecified atom stereocenters. The third-order valence-corrected chi connectivity index (χ3v) is 2.39. The van der Waals surface area contributed by atoms with Gasteiger partial charge < -0.3 is 19.4 Å². The van der Waals surface area contributed by atoms with Crippen LogP contribution in [0.25, 0.3) is 0 Å². The van der Waals surface area contributed by atoms with Gasteiger partial charge in [-0.15, -0.1) is 0 Å². The number of benzene rings is 1. The number of carbonyl (C=O) groups is 1. The van der Waals surface area contributed by atoms with Crippen LogP contribution in [0.15, 0.2) is 18.2 Å². The van der Waals surface area contributed by atoms with Crippen LogP contribution in [0.3, 0.4) is 0 Å². The second-order valence-electron chi connectivity index (χ2n) is 3.93. The number of ether oxygens (including phenoxy) is 2. The molecule has 0 aliphatic carbocycles. The van der Waals surface area contributed by atoms with Crippen LogP contribution < -0.4 is 14.6 Å². The van der Waals surface area contributed by atoms with E-state index in [2.05, 4.69) is 0 Å². The van der Waals surface area contributed by atoms with Crippen molar-refractivity contribution >= 4 is 5.97 Å². The maximum Gasteiger partial charge on any atom is 0.161 e. The SMILES string of the molecule is CCCOc1ccc(CCC(=O)[O-])cc1OCC. The van der Waals surface area contributed by atoms with Gasteiger partial charge in [0.25, 0.3) is 0 Å². The lowest BCUT2D eigenvalue weighted by Gasteiger charge is -2.13. The van der Waals surface area contributed by atoms with Crippen LogP contribution in [0.1, 0.15) is 32.3 Å². The van der Waals surface area contributed by atoms with Crippen molar-refractivity contribution in [2.45, 2.75) is 33.1 Å². The molecule has 0 atom stereocenters. The summed E-state index contributed by atoms with van der Waals surface area (Å²) in [5, 5.41) is 10.4. The molecule has 0 radical (unpaired) electrons. The Bertz CT molecular complexity index is 387. The van der Waals surface area contributed by atoms with Crippen molar-refractivity contribution in [1.29, 1.82) is 0 Å². The predicted molar refractivity (Wildman–Crippen MR) is 66.7 cm³/mol. The van der Waals surface area contributed by atoms with Crippen LogP contribution in [-0.2, 0) is 11.2 Å². The molecular formula is C14H19O4-. The average molecular weight is 251 g/mol. The van der Waals surface area contributed by atoms with Crippen LogP contribution in [0.5, 0.6) is 11.5 Å². The van der Waals surface area contributed by atoms with Gasteiger partial charge in [0.05, 0.1) is 13.2 Å². The molecule has 0 bridgehead atoms. The summed E-state index contributed by atoms with van der Waals surface area (Å²) in [7, 11) is 0. The first-order chi connectivity index (χ1) is 8.67. The molecule has 4 nitrogen and oxygen atoms in total. The second kappa shape index (κ2) is 7.58. The van der Waals surface area contributed by atoms with Crippen LogP contribution in [0.4, 0.5) is 0 Å². The molecule has 0 spiro atoms. The zero-order chi connectivity index (χ0) is 13.4. The van der Waals surface area contributed by atoms with Crippen LogP contribution in [0, 0.1) is 0 Å². The van der Waals surface area contributed by atoms with Crippen molar-refractivity contribution < 1.29 is 19.4 Å². The normalized spacial score (nSPS) is 10.1. The van der Waals surface area contributed by atoms with E-state index in [1.54, 1.807) is 0 Å². The van der Waals surface area contributed by atoms with E-state index in [9.17, 15) is 9.90 Å². The van der Waals surface area contributed by atoms with Gasteiger partial charge in [-0.25, -0.2) is 0 Å². The molecule has 0 heterocycles. The zero-order valence-electron chi connectivity index (χ0n) is 10.9. The topological polar surface area (TPSA) is 58.6 Å². The van der Waals surface area contributed by atoms with Crippen molar-refractivity contribution in [2.24, 2.45) is 0 Å². The fourth-order valence-corrected chi connectivity index (χ4v) is 1.55. The Labute approximate surface area is 108 Å². The molecule has 0 saturated heterocycles. The third-order valence-electron chi connectivity index (χ3n) is 2.39. The molecule has 0 aliphatic rings. The van der Waals surface area contributed by atoms with Crippen molar-refractivity contribution in [3.63, 3.8) is 0 Å². The number of hydrogen-bond donors (Lipinski definition) is 0. The predicted octanol–water partition coefficient (Wildman–Crippen LogP) is 1.56. The van der Waals surface area contributed by atoms with E-state index in [1.807, 2.05) is 32.0 Å². The Morgan fingerprint density at radius 2 is 2.00 bits per heavy atom. The quantitative estimate of drug-likeness (QED) is 0.703. The number of aryl methyl sites for hydroxylation is 1. The van der Waals surface area contributed by atoms with Gasteiger partial charge in [-0.1, -0.05) is 13.0 Å². The van der Waals surface area contributed by atoms with E-state index >= 15 is 0 Å². The standard InChI is InChI=1S/C14H20O4/c1-3-9-18-12-7-5-11(6-8-14(15)16)10-13(12)17-4-2/h5,7,10H,3-4,6,8-9H2,1-2H3,(H,15,16)/p-1. The molecule has 0 saturated carbocycles. The molecule has 1 rings (SSSR count). The first-order valence-electron chi connectivity index (χ1n) is 6.25. The lowest BCUT2D eigenvalue weighted by molar-refractivity contribution is -0.305. The fourth-order valence-electron chi connectivity index (χ4n) is 1.55. The Balaban J connectivity index is 2.77. The molecule has 100 valence electrons. The van der Waals surface area contributed by atoms with Gasteiger partial charge in [0.15, 0.2) is 11.5 Å². The van der Waals surface area contributed by atoms with Gasteiger partial charge in [-0.05, 0) is 43.9 Å². The van der Waals surface area contributed by atoms with Gasteiger partial charge in [0.1, 0.15) is 0 Å². The van der Waals surface area contributed by atoms with Gasteiger partial charge in [0, 0.05) is 5.97 Å². The smallest absolute Gasteiger partial charge is 0.161 e. The van der Waals surface area contributed by atoms with Crippen molar-refractivity contribution in [3.8, 4) is 11.5 Å². The highest BCUT2D eigenvalue weighted by Gasteiger charge is 2.06. The zero-order valence-corrected chi connectivity index (χ0v) is 10.9. The van der Waals surface area contributed by atoms with Gasteiger partial charge in [-0.2, -0.15) is 0 Å². The molecule has 4 heteroatoms. The summed E-state index contributed by atoms with van der Waals surface area (Å²) in [6.45, 7) is 5.12. The molecule has 18 heavy (non-hydrogen) atoms. The van der Waals surface area contributed by atoms with Crippen molar-refractivity contribution in [1.82, 2.24) is 0 Å². The van der Waals surface area contributed by atoms with Crippen molar-refractivity contribution in [2.75, 3.05) is 13.2 Å². The number of carboxylic acid groups (broad SMARTS) is 1. The lowest BCUT2D eigenvalue weighted by Crippen LogP contribution is -2.22. The number of carboxylic acids is 1. The largest absolute Gasteiger partial charge is 0.550 e. The highest BCUT2D eigenvalue weighted by molar-refractivity contribution is 5.64. The first-order valence-corrected chi connectivity index (χ1v) is 6.25. The lowest BCUT2D eigenvalue weighted by atomic mass is 10.1. The first kappa shape index (κ1) is 14.4. The maximum absolute atomic E-state index is 10.4. The Hall–Kier alpha value is -1.71. The molecule has 0 fully saturated rings. The minimum Gasteiger partial charge on any atom is -0.550 e. The molecule has 1 aromatic carbocycles. The number of rotatable bonds is 8. The molecule has 0 aliphatic heterocycles. The van der Waals surface area contributed by atoms with E-state index in [4.69, 9.17) is 9.47 Å². The van der Waals surface area contributed by atoms with E-state index in [1.165, 1.54) is 0 Å². The van der Waals surface area contributed by atoms with E-state index in [-0.39, 0.29) is 6.42 Å². The molecule has 0 aromatic heterocycles. The summed E-state index contributed by atoms with van der Waals surface area (Å²) in [5.41, 5.74) is 0.909. The molecule has 0 amide bonds. The maximum atomic E-state index is 10.4. The fraction of sp³-hybridized carbons (Fsp3) is 0.500. The minimum absolute atomic E-state index is 0.0146. The summed E-state index contributed by atoms with van der Waals surface area (Å²) in [6, 6.07) is 5.51. The monoisotopic (exact) mass is 251 g/mol. The number of hydrogen-bond acceptors (Lipinski definition) is 4. The summed E-state index contributed by atoms with van der Waals surface area (Å²) in [6.07, 6.45) is 1.38. The van der Waals surface area contributed by atoms with Crippen molar-refractivity contribution in [3.05, 3.63) is 23.8 Å². The third kappa shape index (κ3) is 4.65. The Kier molecular flexibility index (Phi) is 6.05. The molecular weight excluding hydrogens is 232 g/mol.